The minimum atomic E-state index is -0.606. The number of primary amides is 1. The molecule has 0 fully saturated rings. The molecule has 0 aliphatic heterocycles. The van der Waals surface area contributed by atoms with Gasteiger partial charge in [0.15, 0.2) is 0 Å². The lowest BCUT2D eigenvalue weighted by Crippen LogP contribution is -2.31. The average Bonchev–Trinajstić information content (AvgIpc) is 2.66. The lowest BCUT2D eigenvalue weighted by atomic mass is 10.1. The first-order valence-corrected chi connectivity index (χ1v) is 8.74. The zero-order valence-electron chi connectivity index (χ0n) is 15.4. The van der Waals surface area contributed by atoms with E-state index in [0.717, 1.165) is 6.42 Å². The summed E-state index contributed by atoms with van der Waals surface area (Å²) in [5.74, 6) is -1.05. The number of carbonyl (C=O) groups excluding carboxylic acids is 3. The Bertz CT molecular complexity index is 818. The summed E-state index contributed by atoms with van der Waals surface area (Å²) in [4.78, 5) is 35.5. The van der Waals surface area contributed by atoms with Gasteiger partial charge in [0.1, 0.15) is 0 Å². The lowest BCUT2D eigenvalue weighted by molar-refractivity contribution is -0.114. The van der Waals surface area contributed by atoms with Crippen LogP contribution in [0.15, 0.2) is 48.5 Å². The summed E-state index contributed by atoms with van der Waals surface area (Å²) in [5.41, 5.74) is 7.17. The molecule has 0 aliphatic carbocycles. The molecule has 2 rings (SSSR count). The van der Waals surface area contributed by atoms with Crippen molar-refractivity contribution in [1.29, 1.82) is 0 Å². The van der Waals surface area contributed by atoms with E-state index in [1.54, 1.807) is 48.5 Å². The van der Waals surface area contributed by atoms with E-state index >= 15 is 0 Å². The number of anilines is 2. The highest BCUT2D eigenvalue weighted by atomic mass is 16.2. The normalized spacial score (nSPS) is 11.3. The maximum Gasteiger partial charge on any atom is 0.251 e. The quantitative estimate of drug-likeness (QED) is 0.573. The molecule has 0 saturated heterocycles. The highest BCUT2D eigenvalue weighted by Gasteiger charge is 2.11. The van der Waals surface area contributed by atoms with Crippen LogP contribution >= 0.6 is 0 Å². The molecule has 7 heteroatoms. The summed E-state index contributed by atoms with van der Waals surface area (Å²) in [6.07, 6.45) is 0.860. The second-order valence-corrected chi connectivity index (χ2v) is 6.17. The van der Waals surface area contributed by atoms with Crippen LogP contribution in [-0.4, -0.2) is 30.3 Å². The summed E-state index contributed by atoms with van der Waals surface area (Å²) in [6, 6.07) is 13.5. The van der Waals surface area contributed by atoms with Gasteiger partial charge in [0.2, 0.25) is 5.91 Å². The smallest absolute Gasteiger partial charge is 0.251 e. The van der Waals surface area contributed by atoms with Crippen molar-refractivity contribution in [3.63, 3.8) is 0 Å². The fourth-order valence-electron chi connectivity index (χ4n) is 2.33. The molecule has 0 saturated carbocycles. The second-order valence-electron chi connectivity index (χ2n) is 6.17. The number of hydrogen-bond acceptors (Lipinski definition) is 4. The van der Waals surface area contributed by atoms with Crippen molar-refractivity contribution in [2.75, 3.05) is 17.2 Å². The van der Waals surface area contributed by atoms with E-state index in [2.05, 4.69) is 16.0 Å². The van der Waals surface area contributed by atoms with Gasteiger partial charge in [0, 0.05) is 17.3 Å². The Morgan fingerprint density at radius 3 is 2.33 bits per heavy atom. The van der Waals surface area contributed by atoms with Crippen molar-refractivity contribution < 1.29 is 14.4 Å². The molecular formula is C20H24N4O3. The van der Waals surface area contributed by atoms with Gasteiger partial charge in [-0.1, -0.05) is 19.1 Å². The van der Waals surface area contributed by atoms with E-state index in [0.29, 0.717) is 16.9 Å². The van der Waals surface area contributed by atoms with Crippen molar-refractivity contribution in [3.8, 4) is 0 Å². The van der Waals surface area contributed by atoms with E-state index in [1.165, 1.54) is 0 Å². The Labute approximate surface area is 158 Å². The monoisotopic (exact) mass is 368 g/mol. The van der Waals surface area contributed by atoms with Crippen LogP contribution in [0.4, 0.5) is 11.4 Å². The number of benzene rings is 2. The van der Waals surface area contributed by atoms with Gasteiger partial charge < -0.3 is 21.7 Å². The fraction of sp³-hybridized carbons (Fsp3) is 0.250. The van der Waals surface area contributed by atoms with E-state index in [-0.39, 0.29) is 30.0 Å². The molecular weight excluding hydrogens is 344 g/mol. The van der Waals surface area contributed by atoms with Crippen LogP contribution in [0.5, 0.6) is 0 Å². The Balaban J connectivity index is 1.90. The summed E-state index contributed by atoms with van der Waals surface area (Å²) >= 11 is 0. The minimum absolute atomic E-state index is 0.00546. The third-order valence-electron chi connectivity index (χ3n) is 4.06. The van der Waals surface area contributed by atoms with Crippen molar-refractivity contribution in [1.82, 2.24) is 5.32 Å². The number of nitrogens with one attached hydrogen (secondary N) is 3. The number of para-hydroxylation sites is 1. The van der Waals surface area contributed by atoms with E-state index in [1.807, 2.05) is 13.8 Å². The predicted molar refractivity (Wildman–Crippen MR) is 106 cm³/mol. The second kappa shape index (κ2) is 9.38. The lowest BCUT2D eigenvalue weighted by Gasteiger charge is -2.12. The highest BCUT2D eigenvalue weighted by molar-refractivity contribution is 6.03. The Kier molecular flexibility index (Phi) is 6.93. The van der Waals surface area contributed by atoms with E-state index < -0.39 is 5.91 Å². The van der Waals surface area contributed by atoms with Gasteiger partial charge in [0.25, 0.3) is 11.8 Å². The first kappa shape index (κ1) is 20.0. The van der Waals surface area contributed by atoms with Gasteiger partial charge in [-0.3, -0.25) is 14.4 Å². The maximum atomic E-state index is 12.1. The van der Waals surface area contributed by atoms with Gasteiger partial charge in [-0.05, 0) is 49.7 Å². The van der Waals surface area contributed by atoms with Crippen LogP contribution in [0.2, 0.25) is 0 Å². The molecule has 1 unspecified atom stereocenters. The van der Waals surface area contributed by atoms with Crippen molar-refractivity contribution in [2.24, 2.45) is 5.73 Å². The van der Waals surface area contributed by atoms with Gasteiger partial charge in [-0.25, -0.2) is 0 Å². The number of nitrogens with two attached hydrogens (primary N) is 1. The van der Waals surface area contributed by atoms with Crippen molar-refractivity contribution in [2.45, 2.75) is 26.3 Å². The van der Waals surface area contributed by atoms with Gasteiger partial charge in [0.05, 0.1) is 17.8 Å². The molecule has 3 amide bonds. The number of amides is 3. The molecule has 2 aromatic rings. The third kappa shape index (κ3) is 5.85. The van der Waals surface area contributed by atoms with Crippen LogP contribution < -0.4 is 21.7 Å². The number of carbonyl (C=O) groups is 3. The molecule has 5 N–H and O–H groups in total. The molecule has 0 heterocycles. The standard InChI is InChI=1S/C20H24N4O3/c1-3-13(2)23-20(27)14-8-10-15(11-9-14)22-12-18(25)24-17-7-5-4-6-16(17)19(21)26/h4-11,13,22H,3,12H2,1-2H3,(H2,21,26)(H,23,27)(H,24,25). The average molecular weight is 368 g/mol. The summed E-state index contributed by atoms with van der Waals surface area (Å²) in [5, 5.41) is 8.52. The van der Waals surface area contributed by atoms with Gasteiger partial charge in [-0.2, -0.15) is 0 Å². The summed E-state index contributed by atoms with van der Waals surface area (Å²) in [7, 11) is 0. The molecule has 1 atom stereocenters. The van der Waals surface area contributed by atoms with Crippen molar-refractivity contribution >= 4 is 29.1 Å². The summed E-state index contributed by atoms with van der Waals surface area (Å²) < 4.78 is 0. The zero-order chi connectivity index (χ0) is 19.8. The van der Waals surface area contributed by atoms with Crippen LogP contribution in [0.3, 0.4) is 0 Å². The third-order valence-corrected chi connectivity index (χ3v) is 4.06. The van der Waals surface area contributed by atoms with Crippen LogP contribution in [-0.2, 0) is 4.79 Å². The maximum absolute atomic E-state index is 12.1. The topological polar surface area (TPSA) is 113 Å². The molecule has 27 heavy (non-hydrogen) atoms. The Hall–Kier alpha value is -3.35. The Morgan fingerprint density at radius 2 is 1.70 bits per heavy atom. The van der Waals surface area contributed by atoms with Crippen LogP contribution in [0.1, 0.15) is 41.0 Å². The Morgan fingerprint density at radius 1 is 1.04 bits per heavy atom. The highest BCUT2D eigenvalue weighted by Crippen LogP contribution is 2.14. The van der Waals surface area contributed by atoms with Crippen LogP contribution in [0.25, 0.3) is 0 Å². The molecule has 142 valence electrons. The first-order valence-electron chi connectivity index (χ1n) is 8.74. The predicted octanol–water partition coefficient (Wildman–Crippen LogP) is 2.36. The van der Waals surface area contributed by atoms with E-state index in [4.69, 9.17) is 5.73 Å². The number of rotatable bonds is 8. The molecule has 0 aromatic heterocycles. The molecule has 0 spiro atoms. The fourth-order valence-corrected chi connectivity index (χ4v) is 2.33. The van der Waals surface area contributed by atoms with E-state index in [9.17, 15) is 14.4 Å². The van der Waals surface area contributed by atoms with Crippen LogP contribution in [0, 0.1) is 0 Å². The summed E-state index contributed by atoms with van der Waals surface area (Å²) in [6.45, 7) is 3.96. The molecule has 7 nitrogen and oxygen atoms in total. The first-order chi connectivity index (χ1) is 12.9. The molecule has 0 bridgehead atoms. The molecule has 2 aromatic carbocycles. The van der Waals surface area contributed by atoms with Crippen molar-refractivity contribution in [3.05, 3.63) is 59.7 Å². The molecule has 0 radical (unpaired) electrons. The number of hydrogen-bond donors (Lipinski definition) is 4. The minimum Gasteiger partial charge on any atom is -0.376 e. The molecule has 0 aliphatic rings. The SMILES string of the molecule is CCC(C)NC(=O)c1ccc(NCC(=O)Nc2ccccc2C(N)=O)cc1. The van der Waals surface area contributed by atoms with Gasteiger partial charge >= 0.3 is 0 Å². The van der Waals surface area contributed by atoms with Gasteiger partial charge in [-0.15, -0.1) is 0 Å². The largest absolute Gasteiger partial charge is 0.376 e. The zero-order valence-corrected chi connectivity index (χ0v) is 15.4.